The lowest BCUT2D eigenvalue weighted by atomic mass is 10.2. The molecule has 3 N–H and O–H groups in total. The van der Waals surface area contributed by atoms with E-state index in [2.05, 4.69) is 15.4 Å². The number of hydrogen-bond donors (Lipinski definition) is 3. The minimum absolute atomic E-state index is 0. The molecule has 1 amide bonds. The van der Waals surface area contributed by atoms with Gasteiger partial charge in [-0.2, -0.15) is 0 Å². The van der Waals surface area contributed by atoms with Gasteiger partial charge >= 0.3 is 0 Å². The summed E-state index contributed by atoms with van der Waals surface area (Å²) in [5.41, 5.74) is 0. The van der Waals surface area contributed by atoms with Crippen molar-refractivity contribution in [2.75, 3.05) is 25.9 Å². The second-order valence-electron chi connectivity index (χ2n) is 3.56. The SMILES string of the molecule is CNS(=O)(=O)CC(=O)NCC1CCCN1.Cl. The normalized spacial score (nSPS) is 20.2. The van der Waals surface area contributed by atoms with E-state index >= 15 is 0 Å². The Kier molecular flexibility index (Phi) is 6.89. The van der Waals surface area contributed by atoms with Gasteiger partial charge in [0.2, 0.25) is 15.9 Å². The van der Waals surface area contributed by atoms with E-state index in [1.807, 2.05) is 0 Å². The molecule has 1 unspecified atom stereocenters. The number of nitrogens with one attached hydrogen (secondary N) is 3. The van der Waals surface area contributed by atoms with Gasteiger partial charge in [0.1, 0.15) is 5.75 Å². The number of carbonyl (C=O) groups excluding carboxylic acids is 1. The number of hydrogen-bond acceptors (Lipinski definition) is 4. The molecule has 0 radical (unpaired) electrons. The highest BCUT2D eigenvalue weighted by atomic mass is 35.5. The second kappa shape index (κ2) is 7.05. The van der Waals surface area contributed by atoms with Crippen molar-refractivity contribution in [2.24, 2.45) is 0 Å². The van der Waals surface area contributed by atoms with E-state index in [1.165, 1.54) is 7.05 Å². The van der Waals surface area contributed by atoms with Gasteiger partial charge in [-0.1, -0.05) is 0 Å². The van der Waals surface area contributed by atoms with Gasteiger partial charge in [0.15, 0.2) is 0 Å². The first-order chi connectivity index (χ1) is 7.03. The maximum absolute atomic E-state index is 11.2. The standard InChI is InChI=1S/C8H17N3O3S.ClH/c1-9-15(13,14)6-8(12)11-5-7-3-2-4-10-7;/h7,9-10H,2-6H2,1H3,(H,11,12);1H. The fraction of sp³-hybridized carbons (Fsp3) is 0.875. The molecular weight excluding hydrogens is 254 g/mol. The number of sulfonamides is 1. The molecule has 1 fully saturated rings. The fourth-order valence-corrected chi connectivity index (χ4v) is 2.06. The molecule has 1 heterocycles. The van der Waals surface area contributed by atoms with Crippen LogP contribution in [0, 0.1) is 0 Å². The third-order valence-electron chi connectivity index (χ3n) is 2.34. The molecule has 1 aliphatic rings. The van der Waals surface area contributed by atoms with Crippen LogP contribution in [0.1, 0.15) is 12.8 Å². The molecule has 0 aromatic rings. The Balaban J connectivity index is 0.00000225. The molecular formula is C8H18ClN3O3S. The summed E-state index contributed by atoms with van der Waals surface area (Å²) in [7, 11) is -2.15. The molecule has 0 spiro atoms. The van der Waals surface area contributed by atoms with Crippen molar-refractivity contribution < 1.29 is 13.2 Å². The van der Waals surface area contributed by atoms with Gasteiger partial charge in [-0.05, 0) is 26.4 Å². The van der Waals surface area contributed by atoms with E-state index < -0.39 is 21.7 Å². The van der Waals surface area contributed by atoms with Crippen LogP contribution in [0.3, 0.4) is 0 Å². The molecule has 8 heteroatoms. The molecule has 96 valence electrons. The maximum Gasteiger partial charge on any atom is 0.236 e. The van der Waals surface area contributed by atoms with Gasteiger partial charge in [0.25, 0.3) is 0 Å². The predicted molar refractivity (Wildman–Crippen MR) is 64.1 cm³/mol. The first-order valence-corrected chi connectivity index (χ1v) is 6.60. The van der Waals surface area contributed by atoms with Crippen molar-refractivity contribution in [1.82, 2.24) is 15.4 Å². The Morgan fingerprint density at radius 1 is 1.50 bits per heavy atom. The average Bonchev–Trinajstić information content (AvgIpc) is 2.66. The van der Waals surface area contributed by atoms with Crippen LogP contribution in [0.4, 0.5) is 0 Å². The van der Waals surface area contributed by atoms with Gasteiger partial charge in [-0.15, -0.1) is 12.4 Å². The smallest absolute Gasteiger partial charge is 0.236 e. The van der Waals surface area contributed by atoms with Crippen molar-refractivity contribution in [3.63, 3.8) is 0 Å². The van der Waals surface area contributed by atoms with Crippen LogP contribution in [-0.4, -0.2) is 46.3 Å². The van der Waals surface area contributed by atoms with E-state index in [0.29, 0.717) is 6.54 Å². The highest BCUT2D eigenvalue weighted by Gasteiger charge is 2.17. The van der Waals surface area contributed by atoms with Gasteiger partial charge < -0.3 is 10.6 Å². The molecule has 0 saturated carbocycles. The topological polar surface area (TPSA) is 87.3 Å². The van der Waals surface area contributed by atoms with Crippen molar-refractivity contribution in [3.05, 3.63) is 0 Å². The Morgan fingerprint density at radius 3 is 2.69 bits per heavy atom. The summed E-state index contributed by atoms with van der Waals surface area (Å²) in [4.78, 5) is 11.2. The molecule has 0 aromatic heterocycles. The molecule has 0 aliphatic carbocycles. The third-order valence-corrected chi connectivity index (χ3v) is 3.60. The van der Waals surface area contributed by atoms with E-state index in [9.17, 15) is 13.2 Å². The van der Waals surface area contributed by atoms with Crippen molar-refractivity contribution >= 4 is 28.3 Å². The quantitative estimate of drug-likeness (QED) is 0.588. The minimum Gasteiger partial charge on any atom is -0.354 e. The molecule has 16 heavy (non-hydrogen) atoms. The third kappa shape index (κ3) is 5.64. The summed E-state index contributed by atoms with van der Waals surface area (Å²) in [6.45, 7) is 1.47. The van der Waals surface area contributed by atoms with Crippen molar-refractivity contribution in [2.45, 2.75) is 18.9 Å². The zero-order chi connectivity index (χ0) is 11.3. The van der Waals surface area contributed by atoms with Crippen molar-refractivity contribution in [3.8, 4) is 0 Å². The summed E-state index contributed by atoms with van der Waals surface area (Å²) < 4.78 is 24.1. The molecule has 1 aliphatic heterocycles. The summed E-state index contributed by atoms with van der Waals surface area (Å²) in [5.74, 6) is -0.964. The summed E-state index contributed by atoms with van der Waals surface area (Å²) >= 11 is 0. The summed E-state index contributed by atoms with van der Waals surface area (Å²) in [5, 5.41) is 5.80. The first-order valence-electron chi connectivity index (χ1n) is 4.95. The average molecular weight is 272 g/mol. The summed E-state index contributed by atoms with van der Waals surface area (Å²) in [6.07, 6.45) is 2.13. The molecule has 1 rings (SSSR count). The fourth-order valence-electron chi connectivity index (χ4n) is 1.46. The molecule has 1 atom stereocenters. The van der Waals surface area contributed by atoms with Crippen LogP contribution in [0.25, 0.3) is 0 Å². The van der Waals surface area contributed by atoms with E-state index in [4.69, 9.17) is 0 Å². The van der Waals surface area contributed by atoms with E-state index in [-0.39, 0.29) is 18.4 Å². The lowest BCUT2D eigenvalue weighted by Crippen LogP contribution is -2.41. The van der Waals surface area contributed by atoms with E-state index in [1.54, 1.807) is 0 Å². The Labute approximate surface area is 102 Å². The monoisotopic (exact) mass is 271 g/mol. The Hall–Kier alpha value is -0.370. The molecule has 0 aromatic carbocycles. The van der Waals surface area contributed by atoms with Gasteiger partial charge in [-0.25, -0.2) is 13.1 Å². The number of halogens is 1. The molecule has 1 saturated heterocycles. The lowest BCUT2D eigenvalue weighted by Gasteiger charge is -2.11. The number of amides is 1. The van der Waals surface area contributed by atoms with Crippen LogP contribution >= 0.6 is 12.4 Å². The van der Waals surface area contributed by atoms with Crippen LogP contribution in [0.15, 0.2) is 0 Å². The highest BCUT2D eigenvalue weighted by molar-refractivity contribution is 7.90. The molecule has 6 nitrogen and oxygen atoms in total. The zero-order valence-corrected chi connectivity index (χ0v) is 10.8. The first kappa shape index (κ1) is 15.6. The molecule has 0 bridgehead atoms. The van der Waals surface area contributed by atoms with Crippen LogP contribution in [-0.2, 0) is 14.8 Å². The summed E-state index contributed by atoms with van der Waals surface area (Å²) in [6, 6.07) is 0.284. The van der Waals surface area contributed by atoms with E-state index in [0.717, 1.165) is 19.4 Å². The lowest BCUT2D eigenvalue weighted by molar-refractivity contribution is -0.118. The zero-order valence-electron chi connectivity index (χ0n) is 9.15. The Morgan fingerprint density at radius 2 is 2.19 bits per heavy atom. The predicted octanol–water partition coefficient (Wildman–Crippen LogP) is -1.17. The maximum atomic E-state index is 11.2. The van der Waals surface area contributed by atoms with Gasteiger partial charge in [0, 0.05) is 12.6 Å². The van der Waals surface area contributed by atoms with Crippen LogP contribution < -0.4 is 15.4 Å². The second-order valence-corrected chi connectivity index (χ2v) is 5.49. The number of carbonyl (C=O) groups is 1. The van der Waals surface area contributed by atoms with Gasteiger partial charge in [-0.3, -0.25) is 4.79 Å². The van der Waals surface area contributed by atoms with Crippen LogP contribution in [0.2, 0.25) is 0 Å². The minimum atomic E-state index is -3.45. The van der Waals surface area contributed by atoms with Gasteiger partial charge in [0.05, 0.1) is 0 Å². The van der Waals surface area contributed by atoms with Crippen molar-refractivity contribution in [1.29, 1.82) is 0 Å². The Bertz CT molecular complexity index is 314. The van der Waals surface area contributed by atoms with Crippen LogP contribution in [0.5, 0.6) is 0 Å². The highest BCUT2D eigenvalue weighted by Crippen LogP contribution is 2.02. The number of rotatable bonds is 5. The largest absolute Gasteiger partial charge is 0.354 e.